The van der Waals surface area contributed by atoms with Crippen molar-refractivity contribution in [2.24, 2.45) is 5.92 Å². The van der Waals surface area contributed by atoms with E-state index in [1.165, 1.54) is 38.5 Å². The van der Waals surface area contributed by atoms with Crippen molar-refractivity contribution in [3.63, 3.8) is 0 Å². The topological polar surface area (TPSA) is 69.6 Å². The van der Waals surface area contributed by atoms with E-state index in [2.05, 4.69) is 5.32 Å². The largest absolute Gasteiger partial charge is 0.480 e. The van der Waals surface area contributed by atoms with E-state index in [1.807, 2.05) is 18.7 Å². The van der Waals surface area contributed by atoms with Crippen molar-refractivity contribution < 1.29 is 14.7 Å². The molecule has 0 heterocycles. The van der Waals surface area contributed by atoms with E-state index < -0.39 is 12.0 Å². The fourth-order valence-electron chi connectivity index (χ4n) is 4.07. The third-order valence-electron chi connectivity index (χ3n) is 5.38. The van der Waals surface area contributed by atoms with Crippen molar-refractivity contribution in [3.8, 4) is 0 Å². The molecule has 2 fully saturated rings. The van der Waals surface area contributed by atoms with Crippen molar-refractivity contribution in [1.29, 1.82) is 0 Å². The van der Waals surface area contributed by atoms with Gasteiger partial charge in [-0.25, -0.2) is 9.59 Å². The monoisotopic (exact) mass is 324 g/mol. The zero-order chi connectivity index (χ0) is 16.8. The molecule has 0 aromatic carbocycles. The maximum atomic E-state index is 12.9. The Bertz CT molecular complexity index is 381. The van der Waals surface area contributed by atoms with E-state index >= 15 is 0 Å². The SMILES string of the molecule is CC(C)C(NC(=O)N(C1CCCCC1)C1CCCCC1)C(=O)O. The van der Waals surface area contributed by atoms with Crippen LogP contribution in [0.2, 0.25) is 0 Å². The Kier molecular flexibility index (Phi) is 6.72. The van der Waals surface area contributed by atoms with E-state index in [-0.39, 0.29) is 24.0 Å². The minimum Gasteiger partial charge on any atom is -0.480 e. The Morgan fingerprint density at radius 1 is 0.913 bits per heavy atom. The lowest BCUT2D eigenvalue weighted by molar-refractivity contribution is -0.140. The summed E-state index contributed by atoms with van der Waals surface area (Å²) in [5, 5.41) is 12.2. The molecule has 5 nitrogen and oxygen atoms in total. The van der Waals surface area contributed by atoms with E-state index in [0.717, 1.165) is 25.7 Å². The first kappa shape index (κ1) is 18.1. The van der Waals surface area contributed by atoms with Gasteiger partial charge < -0.3 is 15.3 Å². The number of nitrogens with one attached hydrogen (secondary N) is 1. The molecule has 0 bridgehead atoms. The second kappa shape index (κ2) is 8.55. The molecule has 0 radical (unpaired) electrons. The van der Waals surface area contributed by atoms with Gasteiger partial charge in [0.1, 0.15) is 6.04 Å². The van der Waals surface area contributed by atoms with Gasteiger partial charge in [0, 0.05) is 12.1 Å². The van der Waals surface area contributed by atoms with Crippen molar-refractivity contribution in [2.45, 2.75) is 96.2 Å². The number of urea groups is 1. The number of amides is 2. The molecule has 2 saturated carbocycles. The van der Waals surface area contributed by atoms with Crippen LogP contribution in [0.5, 0.6) is 0 Å². The number of carbonyl (C=O) groups is 2. The van der Waals surface area contributed by atoms with Gasteiger partial charge in [0.25, 0.3) is 0 Å². The van der Waals surface area contributed by atoms with Crippen LogP contribution in [0, 0.1) is 5.92 Å². The van der Waals surface area contributed by atoms with E-state index in [4.69, 9.17) is 0 Å². The summed E-state index contributed by atoms with van der Waals surface area (Å²) in [6.07, 6.45) is 11.4. The van der Waals surface area contributed by atoms with Crippen LogP contribution in [0.3, 0.4) is 0 Å². The normalized spacial score (nSPS) is 21.9. The number of nitrogens with zero attached hydrogens (tertiary/aromatic N) is 1. The predicted octanol–water partition coefficient (Wildman–Crippen LogP) is 3.77. The standard InChI is InChI=1S/C18H32N2O3/c1-13(2)16(17(21)22)19-18(23)20(14-9-5-3-6-10-14)15-11-7-4-8-12-15/h13-16H,3-12H2,1-2H3,(H,19,23)(H,21,22). The number of carboxylic acid groups (broad SMARTS) is 1. The molecular weight excluding hydrogens is 292 g/mol. The Morgan fingerprint density at radius 3 is 1.70 bits per heavy atom. The summed E-state index contributed by atoms with van der Waals surface area (Å²) in [7, 11) is 0. The molecule has 2 rings (SSSR count). The Morgan fingerprint density at radius 2 is 1.35 bits per heavy atom. The first-order chi connectivity index (χ1) is 11.0. The van der Waals surface area contributed by atoms with Crippen molar-refractivity contribution in [1.82, 2.24) is 10.2 Å². The molecule has 0 aromatic rings. The van der Waals surface area contributed by atoms with Gasteiger partial charge in [0.05, 0.1) is 0 Å². The zero-order valence-electron chi connectivity index (χ0n) is 14.6. The minimum atomic E-state index is -0.944. The molecule has 2 aliphatic rings. The molecule has 0 aliphatic heterocycles. The van der Waals surface area contributed by atoms with Gasteiger partial charge in [-0.2, -0.15) is 0 Å². The highest BCUT2D eigenvalue weighted by Crippen LogP contribution is 2.30. The number of hydrogen-bond donors (Lipinski definition) is 2. The average molecular weight is 324 g/mol. The van der Waals surface area contributed by atoms with Crippen LogP contribution in [-0.2, 0) is 4.79 Å². The average Bonchev–Trinajstić information content (AvgIpc) is 2.54. The maximum absolute atomic E-state index is 12.9. The van der Waals surface area contributed by atoms with Crippen LogP contribution in [0.15, 0.2) is 0 Å². The van der Waals surface area contributed by atoms with Crippen molar-refractivity contribution in [2.75, 3.05) is 0 Å². The quantitative estimate of drug-likeness (QED) is 0.808. The molecule has 2 aliphatic carbocycles. The fourth-order valence-corrected chi connectivity index (χ4v) is 4.07. The highest BCUT2D eigenvalue weighted by atomic mass is 16.4. The Balaban J connectivity index is 2.10. The van der Waals surface area contributed by atoms with Crippen LogP contribution in [0.4, 0.5) is 4.79 Å². The number of carboxylic acids is 1. The summed E-state index contributed by atoms with van der Waals surface area (Å²) in [6.45, 7) is 3.68. The summed E-state index contributed by atoms with van der Waals surface area (Å²) in [6, 6.07) is -0.399. The lowest BCUT2D eigenvalue weighted by Gasteiger charge is -2.42. The third kappa shape index (κ3) is 4.85. The van der Waals surface area contributed by atoms with Crippen LogP contribution >= 0.6 is 0 Å². The molecule has 1 unspecified atom stereocenters. The molecule has 23 heavy (non-hydrogen) atoms. The molecular formula is C18H32N2O3. The van der Waals surface area contributed by atoms with Gasteiger partial charge in [-0.05, 0) is 31.6 Å². The van der Waals surface area contributed by atoms with E-state index in [1.54, 1.807) is 0 Å². The first-order valence-corrected chi connectivity index (χ1v) is 9.32. The molecule has 0 aromatic heterocycles. The minimum absolute atomic E-state index is 0.115. The van der Waals surface area contributed by atoms with E-state index in [0.29, 0.717) is 0 Å². The van der Waals surface area contributed by atoms with E-state index in [9.17, 15) is 14.7 Å². The molecule has 5 heteroatoms. The highest BCUT2D eigenvalue weighted by molar-refractivity contribution is 5.83. The van der Waals surface area contributed by atoms with Crippen molar-refractivity contribution in [3.05, 3.63) is 0 Å². The lowest BCUT2D eigenvalue weighted by atomic mass is 9.89. The van der Waals surface area contributed by atoms with Crippen LogP contribution in [0.1, 0.15) is 78.1 Å². The third-order valence-corrected chi connectivity index (χ3v) is 5.38. The second-order valence-electron chi connectivity index (χ2n) is 7.50. The molecule has 2 amide bonds. The van der Waals surface area contributed by atoms with Crippen LogP contribution in [-0.4, -0.2) is 40.1 Å². The lowest BCUT2D eigenvalue weighted by Crippen LogP contribution is -2.56. The molecule has 2 N–H and O–H groups in total. The van der Waals surface area contributed by atoms with Gasteiger partial charge in [-0.15, -0.1) is 0 Å². The maximum Gasteiger partial charge on any atom is 0.326 e. The van der Waals surface area contributed by atoms with Gasteiger partial charge in [-0.3, -0.25) is 0 Å². The van der Waals surface area contributed by atoms with Crippen molar-refractivity contribution >= 4 is 12.0 Å². The summed E-state index contributed by atoms with van der Waals surface area (Å²) in [5.41, 5.74) is 0. The Hall–Kier alpha value is -1.26. The van der Waals surface area contributed by atoms with Gasteiger partial charge in [0.15, 0.2) is 0 Å². The number of hydrogen-bond acceptors (Lipinski definition) is 2. The number of aliphatic carboxylic acids is 1. The summed E-state index contributed by atoms with van der Waals surface area (Å²) in [4.78, 5) is 26.4. The smallest absolute Gasteiger partial charge is 0.326 e. The fraction of sp³-hybridized carbons (Fsp3) is 0.889. The highest BCUT2D eigenvalue weighted by Gasteiger charge is 2.34. The van der Waals surface area contributed by atoms with Gasteiger partial charge in [0.2, 0.25) is 0 Å². The first-order valence-electron chi connectivity index (χ1n) is 9.32. The molecule has 1 atom stereocenters. The molecule has 0 spiro atoms. The van der Waals surface area contributed by atoms with Gasteiger partial charge >= 0.3 is 12.0 Å². The zero-order valence-corrected chi connectivity index (χ0v) is 14.6. The molecule has 0 saturated heterocycles. The predicted molar refractivity (Wildman–Crippen MR) is 90.4 cm³/mol. The van der Waals surface area contributed by atoms with Crippen LogP contribution in [0.25, 0.3) is 0 Å². The summed E-state index contributed by atoms with van der Waals surface area (Å²) in [5.74, 6) is -1.06. The number of carbonyl (C=O) groups excluding carboxylic acids is 1. The molecule has 132 valence electrons. The van der Waals surface area contributed by atoms with Crippen LogP contribution < -0.4 is 5.32 Å². The number of rotatable bonds is 5. The van der Waals surface area contributed by atoms with Gasteiger partial charge in [-0.1, -0.05) is 52.4 Å². The Labute approximate surface area is 139 Å². The summed E-state index contributed by atoms with van der Waals surface area (Å²) >= 11 is 0. The summed E-state index contributed by atoms with van der Waals surface area (Å²) < 4.78 is 0. The second-order valence-corrected chi connectivity index (χ2v) is 7.50.